The third-order valence-electron chi connectivity index (χ3n) is 5.83. The minimum absolute atomic E-state index is 0.0255. The van der Waals surface area contributed by atoms with Crippen LogP contribution in [-0.2, 0) is 22.6 Å². The van der Waals surface area contributed by atoms with Crippen LogP contribution in [0.25, 0.3) is 6.08 Å². The summed E-state index contributed by atoms with van der Waals surface area (Å²) < 4.78 is 16.2. The Morgan fingerprint density at radius 1 is 0.972 bits per heavy atom. The number of carbonyl (C=O) groups is 2. The number of rotatable bonds is 12. The molecule has 1 heterocycles. The normalized spacial score (nSPS) is 11.0. The first-order chi connectivity index (χ1) is 17.4. The highest BCUT2D eigenvalue weighted by atomic mass is 16.5. The van der Waals surface area contributed by atoms with Crippen molar-refractivity contribution in [3.63, 3.8) is 0 Å². The Morgan fingerprint density at radius 3 is 2.36 bits per heavy atom. The molecule has 0 saturated heterocycles. The monoisotopic (exact) mass is 490 g/mol. The molecular formula is C29H34N2O5. The molecule has 0 saturated carbocycles. The molecule has 0 radical (unpaired) electrons. The number of hydrogen-bond acceptors (Lipinski definition) is 5. The van der Waals surface area contributed by atoms with E-state index in [1.54, 1.807) is 42.4 Å². The van der Waals surface area contributed by atoms with Crippen molar-refractivity contribution in [2.24, 2.45) is 0 Å². The smallest absolute Gasteiger partial charge is 0.247 e. The molecule has 0 fully saturated rings. The summed E-state index contributed by atoms with van der Waals surface area (Å²) >= 11 is 0. The summed E-state index contributed by atoms with van der Waals surface area (Å²) in [7, 11) is 3.19. The van der Waals surface area contributed by atoms with E-state index in [4.69, 9.17) is 13.9 Å². The number of furan rings is 1. The van der Waals surface area contributed by atoms with Crippen LogP contribution < -0.4 is 9.47 Å². The summed E-state index contributed by atoms with van der Waals surface area (Å²) in [5.74, 6) is 1.62. The first-order valence-corrected chi connectivity index (χ1v) is 12.0. The lowest BCUT2D eigenvalue weighted by Gasteiger charge is -2.29. The SMILES string of the molecule is COc1ccc(CCN(Cc2ccco2)C(=O)CN(C(=O)/C=C/c2ccccc2)C(C)C)cc1OC. The van der Waals surface area contributed by atoms with Crippen LogP contribution in [0.4, 0.5) is 0 Å². The van der Waals surface area contributed by atoms with Crippen molar-refractivity contribution in [3.8, 4) is 11.5 Å². The van der Waals surface area contributed by atoms with Gasteiger partial charge in [-0.3, -0.25) is 9.59 Å². The van der Waals surface area contributed by atoms with Crippen LogP contribution in [0.5, 0.6) is 11.5 Å². The van der Waals surface area contributed by atoms with E-state index >= 15 is 0 Å². The van der Waals surface area contributed by atoms with Crippen LogP contribution in [0.1, 0.15) is 30.7 Å². The standard InChI is InChI=1S/C29H34N2O5/c1-22(2)31(28(32)15-13-23-9-6-5-7-10-23)21-29(33)30(20-25-11-8-18-36-25)17-16-24-12-14-26(34-3)27(19-24)35-4/h5-15,18-19,22H,16-17,20-21H2,1-4H3/b15-13+. The molecule has 7 heteroatoms. The molecule has 7 nitrogen and oxygen atoms in total. The average molecular weight is 491 g/mol. The third kappa shape index (κ3) is 7.50. The van der Waals surface area contributed by atoms with Gasteiger partial charge in [0, 0.05) is 18.7 Å². The van der Waals surface area contributed by atoms with Crippen molar-refractivity contribution < 1.29 is 23.5 Å². The number of ether oxygens (including phenoxy) is 2. The molecule has 1 aromatic heterocycles. The molecule has 190 valence electrons. The predicted molar refractivity (Wildman–Crippen MR) is 140 cm³/mol. The topological polar surface area (TPSA) is 72.2 Å². The van der Waals surface area contributed by atoms with Gasteiger partial charge < -0.3 is 23.7 Å². The van der Waals surface area contributed by atoms with Crippen LogP contribution in [-0.4, -0.2) is 55.0 Å². The van der Waals surface area contributed by atoms with Crippen LogP contribution in [0, 0.1) is 0 Å². The summed E-state index contributed by atoms with van der Waals surface area (Å²) in [6.07, 6.45) is 5.48. The highest BCUT2D eigenvalue weighted by Crippen LogP contribution is 2.27. The second-order valence-corrected chi connectivity index (χ2v) is 8.64. The maximum atomic E-state index is 13.4. The molecule has 36 heavy (non-hydrogen) atoms. The zero-order valence-corrected chi connectivity index (χ0v) is 21.3. The van der Waals surface area contributed by atoms with Gasteiger partial charge in [0.2, 0.25) is 11.8 Å². The van der Waals surface area contributed by atoms with Crippen molar-refractivity contribution in [1.82, 2.24) is 9.80 Å². The van der Waals surface area contributed by atoms with Gasteiger partial charge in [-0.25, -0.2) is 0 Å². The highest BCUT2D eigenvalue weighted by Gasteiger charge is 2.23. The fraction of sp³-hybridized carbons (Fsp3) is 0.310. The van der Waals surface area contributed by atoms with Crippen LogP contribution >= 0.6 is 0 Å². The second-order valence-electron chi connectivity index (χ2n) is 8.64. The Kier molecular flexibility index (Phi) is 9.74. The van der Waals surface area contributed by atoms with Crippen LogP contribution in [0.2, 0.25) is 0 Å². The Balaban J connectivity index is 1.72. The predicted octanol–water partition coefficient (Wildman–Crippen LogP) is 4.82. The van der Waals surface area contributed by atoms with E-state index in [0.29, 0.717) is 36.8 Å². The van der Waals surface area contributed by atoms with E-state index in [1.165, 1.54) is 6.08 Å². The number of hydrogen-bond donors (Lipinski definition) is 0. The van der Waals surface area contributed by atoms with Gasteiger partial charge in [0.25, 0.3) is 0 Å². The largest absolute Gasteiger partial charge is 0.493 e. The quantitative estimate of drug-likeness (QED) is 0.341. The summed E-state index contributed by atoms with van der Waals surface area (Å²) in [5, 5.41) is 0. The molecule has 0 N–H and O–H groups in total. The number of benzene rings is 2. The van der Waals surface area contributed by atoms with Crippen molar-refractivity contribution in [3.05, 3.63) is 89.9 Å². The van der Waals surface area contributed by atoms with Crippen LogP contribution in [0.3, 0.4) is 0 Å². The zero-order chi connectivity index (χ0) is 25.9. The Bertz CT molecular complexity index is 1140. The number of amides is 2. The molecule has 2 aromatic carbocycles. The van der Waals surface area contributed by atoms with Gasteiger partial charge in [0.1, 0.15) is 12.3 Å². The molecular weight excluding hydrogens is 456 g/mol. The molecule has 3 rings (SSSR count). The van der Waals surface area contributed by atoms with Gasteiger partial charge >= 0.3 is 0 Å². The van der Waals surface area contributed by atoms with Gasteiger partial charge in [-0.05, 0) is 61.7 Å². The van der Waals surface area contributed by atoms with Gasteiger partial charge in [-0.2, -0.15) is 0 Å². The lowest BCUT2D eigenvalue weighted by atomic mass is 10.1. The molecule has 0 aliphatic rings. The molecule has 3 aromatic rings. The Morgan fingerprint density at radius 2 is 1.72 bits per heavy atom. The van der Waals surface area contributed by atoms with Gasteiger partial charge in [-0.1, -0.05) is 36.4 Å². The second kappa shape index (κ2) is 13.2. The molecule has 0 spiro atoms. The van der Waals surface area contributed by atoms with Crippen molar-refractivity contribution in [1.29, 1.82) is 0 Å². The molecule has 0 unspecified atom stereocenters. The molecule has 0 aliphatic carbocycles. The number of methoxy groups -OCH3 is 2. The highest BCUT2D eigenvalue weighted by molar-refractivity contribution is 5.94. The van der Waals surface area contributed by atoms with E-state index in [1.807, 2.05) is 68.4 Å². The van der Waals surface area contributed by atoms with Gasteiger partial charge in [-0.15, -0.1) is 0 Å². The van der Waals surface area contributed by atoms with E-state index in [2.05, 4.69) is 0 Å². The maximum Gasteiger partial charge on any atom is 0.247 e. The number of nitrogens with zero attached hydrogens (tertiary/aromatic N) is 2. The first kappa shape index (κ1) is 26.6. The molecule has 0 atom stereocenters. The van der Waals surface area contributed by atoms with E-state index in [0.717, 1.165) is 11.1 Å². The van der Waals surface area contributed by atoms with Crippen molar-refractivity contribution >= 4 is 17.9 Å². The summed E-state index contributed by atoms with van der Waals surface area (Å²) in [6, 6.07) is 18.8. The minimum Gasteiger partial charge on any atom is -0.493 e. The number of carbonyl (C=O) groups excluding carboxylic acids is 2. The third-order valence-corrected chi connectivity index (χ3v) is 5.83. The van der Waals surface area contributed by atoms with E-state index in [-0.39, 0.29) is 24.4 Å². The average Bonchev–Trinajstić information content (AvgIpc) is 3.41. The minimum atomic E-state index is -0.208. The zero-order valence-electron chi connectivity index (χ0n) is 21.3. The van der Waals surface area contributed by atoms with Crippen molar-refractivity contribution in [2.75, 3.05) is 27.3 Å². The van der Waals surface area contributed by atoms with E-state index in [9.17, 15) is 9.59 Å². The maximum absolute atomic E-state index is 13.4. The fourth-order valence-corrected chi connectivity index (χ4v) is 3.77. The lowest BCUT2D eigenvalue weighted by molar-refractivity contribution is -0.140. The van der Waals surface area contributed by atoms with Gasteiger partial charge in [0.15, 0.2) is 11.5 Å². The Labute approximate surface area is 212 Å². The summed E-state index contributed by atoms with van der Waals surface area (Å²) in [5.41, 5.74) is 1.93. The summed E-state index contributed by atoms with van der Waals surface area (Å²) in [6.45, 7) is 4.56. The van der Waals surface area contributed by atoms with E-state index < -0.39 is 0 Å². The van der Waals surface area contributed by atoms with Crippen molar-refractivity contribution in [2.45, 2.75) is 32.9 Å². The molecule has 0 bridgehead atoms. The molecule has 0 aliphatic heterocycles. The summed E-state index contributed by atoms with van der Waals surface area (Å²) in [4.78, 5) is 29.7. The van der Waals surface area contributed by atoms with Gasteiger partial charge in [0.05, 0.1) is 27.0 Å². The first-order valence-electron chi connectivity index (χ1n) is 12.0. The molecule has 2 amide bonds. The van der Waals surface area contributed by atoms with Crippen LogP contribution in [0.15, 0.2) is 77.4 Å². The Hall–Kier alpha value is -4.00. The lowest BCUT2D eigenvalue weighted by Crippen LogP contribution is -2.45. The fourth-order valence-electron chi connectivity index (χ4n) is 3.77.